The summed E-state index contributed by atoms with van der Waals surface area (Å²) in [6.07, 6.45) is 0. The number of benzene rings is 1. The van der Waals surface area contributed by atoms with E-state index in [9.17, 15) is 9.90 Å². The first-order chi connectivity index (χ1) is 8.70. The fraction of sp³-hybridized carbons (Fsp3) is 0.462. The van der Waals surface area contributed by atoms with Gasteiger partial charge >= 0.3 is 5.97 Å². The molecule has 1 aromatic carbocycles. The van der Waals surface area contributed by atoms with Crippen LogP contribution in [0, 0.1) is 0 Å². The van der Waals surface area contributed by atoms with Crippen LogP contribution in [0.15, 0.2) is 18.2 Å². The first kappa shape index (κ1) is 12.9. The topological polar surface area (TPSA) is 59.0 Å². The van der Waals surface area contributed by atoms with Crippen LogP contribution in [0.2, 0.25) is 0 Å². The SMILES string of the molecule is COC(=O)c1cc(CN2CCOCC2)ccc1O. The molecule has 1 saturated heterocycles. The van der Waals surface area contributed by atoms with Gasteiger partial charge in [-0.3, -0.25) is 4.90 Å². The molecule has 0 bridgehead atoms. The third-order valence-electron chi connectivity index (χ3n) is 2.98. The molecular weight excluding hydrogens is 234 g/mol. The molecular formula is C13H17NO4. The molecule has 1 heterocycles. The van der Waals surface area contributed by atoms with Crippen LogP contribution in [0.25, 0.3) is 0 Å². The summed E-state index contributed by atoms with van der Waals surface area (Å²) >= 11 is 0. The van der Waals surface area contributed by atoms with E-state index < -0.39 is 5.97 Å². The fourth-order valence-electron chi connectivity index (χ4n) is 1.97. The molecule has 0 radical (unpaired) electrons. The summed E-state index contributed by atoms with van der Waals surface area (Å²) in [5.41, 5.74) is 1.19. The molecule has 1 aliphatic rings. The van der Waals surface area contributed by atoms with Gasteiger partial charge in [-0.2, -0.15) is 0 Å². The van der Waals surface area contributed by atoms with Gasteiger partial charge in [0.2, 0.25) is 0 Å². The zero-order chi connectivity index (χ0) is 13.0. The van der Waals surface area contributed by atoms with Crippen LogP contribution in [0.3, 0.4) is 0 Å². The number of hydrogen-bond acceptors (Lipinski definition) is 5. The minimum absolute atomic E-state index is 0.0485. The van der Waals surface area contributed by atoms with E-state index in [2.05, 4.69) is 9.64 Å². The molecule has 1 aromatic rings. The third kappa shape index (κ3) is 3.00. The zero-order valence-corrected chi connectivity index (χ0v) is 10.4. The minimum Gasteiger partial charge on any atom is -0.507 e. The molecule has 18 heavy (non-hydrogen) atoms. The number of phenolic OH excluding ortho intramolecular Hbond substituents is 1. The van der Waals surface area contributed by atoms with Gasteiger partial charge in [-0.25, -0.2) is 4.79 Å². The van der Waals surface area contributed by atoms with Crippen molar-refractivity contribution in [2.75, 3.05) is 33.4 Å². The Hall–Kier alpha value is -1.59. The van der Waals surface area contributed by atoms with Gasteiger partial charge in [0.05, 0.1) is 20.3 Å². The van der Waals surface area contributed by atoms with Crippen LogP contribution in [0.1, 0.15) is 15.9 Å². The van der Waals surface area contributed by atoms with Gasteiger partial charge in [0.25, 0.3) is 0 Å². The first-order valence-electron chi connectivity index (χ1n) is 5.91. The predicted molar refractivity (Wildman–Crippen MR) is 65.5 cm³/mol. The maximum absolute atomic E-state index is 11.5. The van der Waals surface area contributed by atoms with Crippen molar-refractivity contribution in [3.8, 4) is 5.75 Å². The van der Waals surface area contributed by atoms with Gasteiger partial charge in [0, 0.05) is 19.6 Å². The lowest BCUT2D eigenvalue weighted by atomic mass is 10.1. The third-order valence-corrected chi connectivity index (χ3v) is 2.98. The summed E-state index contributed by atoms with van der Waals surface area (Å²) in [6, 6.07) is 5.02. The highest BCUT2D eigenvalue weighted by atomic mass is 16.5. The van der Waals surface area contributed by atoms with E-state index in [-0.39, 0.29) is 11.3 Å². The number of carbonyl (C=O) groups excluding carboxylic acids is 1. The van der Waals surface area contributed by atoms with Crippen LogP contribution in [-0.4, -0.2) is 49.4 Å². The van der Waals surface area contributed by atoms with Crippen LogP contribution in [0.4, 0.5) is 0 Å². The number of aromatic hydroxyl groups is 1. The van der Waals surface area contributed by atoms with Crippen molar-refractivity contribution in [1.29, 1.82) is 0 Å². The zero-order valence-electron chi connectivity index (χ0n) is 10.4. The van der Waals surface area contributed by atoms with Gasteiger partial charge < -0.3 is 14.6 Å². The number of morpholine rings is 1. The number of esters is 1. The Morgan fingerprint density at radius 2 is 2.17 bits per heavy atom. The molecule has 1 aliphatic heterocycles. The average Bonchev–Trinajstić information content (AvgIpc) is 2.41. The van der Waals surface area contributed by atoms with Crippen molar-refractivity contribution in [2.45, 2.75) is 6.54 Å². The van der Waals surface area contributed by atoms with Crippen molar-refractivity contribution in [2.24, 2.45) is 0 Å². The highest BCUT2D eigenvalue weighted by Gasteiger charge is 2.15. The van der Waals surface area contributed by atoms with Crippen molar-refractivity contribution in [3.05, 3.63) is 29.3 Å². The largest absolute Gasteiger partial charge is 0.507 e. The van der Waals surface area contributed by atoms with Crippen LogP contribution in [-0.2, 0) is 16.0 Å². The summed E-state index contributed by atoms with van der Waals surface area (Å²) in [7, 11) is 1.30. The van der Waals surface area contributed by atoms with Gasteiger partial charge in [-0.05, 0) is 17.7 Å². The molecule has 98 valence electrons. The number of phenols is 1. The second-order valence-corrected chi connectivity index (χ2v) is 4.23. The molecule has 2 rings (SSSR count). The van der Waals surface area contributed by atoms with E-state index in [4.69, 9.17) is 4.74 Å². The Morgan fingerprint density at radius 3 is 2.83 bits per heavy atom. The molecule has 1 N–H and O–H groups in total. The van der Waals surface area contributed by atoms with Gasteiger partial charge in [0.15, 0.2) is 0 Å². The van der Waals surface area contributed by atoms with E-state index in [1.807, 2.05) is 6.07 Å². The van der Waals surface area contributed by atoms with Gasteiger partial charge in [0.1, 0.15) is 11.3 Å². The molecule has 0 unspecified atom stereocenters. The molecule has 0 atom stereocenters. The van der Waals surface area contributed by atoms with E-state index in [1.165, 1.54) is 13.2 Å². The number of ether oxygens (including phenoxy) is 2. The Morgan fingerprint density at radius 1 is 1.44 bits per heavy atom. The maximum Gasteiger partial charge on any atom is 0.341 e. The minimum atomic E-state index is -0.517. The second-order valence-electron chi connectivity index (χ2n) is 4.23. The maximum atomic E-state index is 11.5. The molecule has 0 aliphatic carbocycles. The van der Waals surface area contributed by atoms with Crippen molar-refractivity contribution in [3.63, 3.8) is 0 Å². The van der Waals surface area contributed by atoms with E-state index in [0.29, 0.717) is 0 Å². The molecule has 1 fully saturated rings. The van der Waals surface area contributed by atoms with E-state index >= 15 is 0 Å². The van der Waals surface area contributed by atoms with Crippen molar-refractivity contribution < 1.29 is 19.4 Å². The van der Waals surface area contributed by atoms with Gasteiger partial charge in [-0.15, -0.1) is 0 Å². The summed E-state index contributed by atoms with van der Waals surface area (Å²) in [5.74, 6) is -0.566. The lowest BCUT2D eigenvalue weighted by molar-refractivity contribution is 0.0341. The highest BCUT2D eigenvalue weighted by molar-refractivity contribution is 5.92. The fourth-order valence-corrected chi connectivity index (χ4v) is 1.97. The molecule has 5 nitrogen and oxygen atoms in total. The molecule has 0 saturated carbocycles. The van der Waals surface area contributed by atoms with Crippen molar-refractivity contribution >= 4 is 5.97 Å². The Bertz CT molecular complexity index is 427. The number of methoxy groups -OCH3 is 1. The summed E-state index contributed by atoms with van der Waals surface area (Å²) in [4.78, 5) is 13.7. The number of hydrogen-bond donors (Lipinski definition) is 1. The summed E-state index contributed by atoms with van der Waals surface area (Å²) in [6.45, 7) is 3.99. The van der Waals surface area contributed by atoms with E-state index in [0.717, 1.165) is 38.4 Å². The molecule has 0 amide bonds. The first-order valence-corrected chi connectivity index (χ1v) is 5.91. The highest BCUT2D eigenvalue weighted by Crippen LogP contribution is 2.20. The number of nitrogens with zero attached hydrogens (tertiary/aromatic N) is 1. The predicted octanol–water partition coefficient (Wildman–Crippen LogP) is 1.01. The van der Waals surface area contributed by atoms with Crippen LogP contribution >= 0.6 is 0 Å². The smallest absolute Gasteiger partial charge is 0.341 e. The second kappa shape index (κ2) is 5.84. The molecule has 5 heteroatoms. The van der Waals surface area contributed by atoms with Crippen molar-refractivity contribution in [1.82, 2.24) is 4.90 Å². The molecule has 0 aromatic heterocycles. The summed E-state index contributed by atoms with van der Waals surface area (Å²) < 4.78 is 9.91. The molecule has 0 spiro atoms. The lowest BCUT2D eigenvalue weighted by Gasteiger charge is -2.26. The normalized spacial score (nSPS) is 16.5. The lowest BCUT2D eigenvalue weighted by Crippen LogP contribution is -2.35. The summed E-state index contributed by atoms with van der Waals surface area (Å²) in [5, 5.41) is 9.61. The average molecular weight is 251 g/mol. The van der Waals surface area contributed by atoms with E-state index in [1.54, 1.807) is 6.07 Å². The van der Waals surface area contributed by atoms with Gasteiger partial charge in [-0.1, -0.05) is 6.07 Å². The number of rotatable bonds is 3. The Kier molecular flexibility index (Phi) is 4.17. The standard InChI is InChI=1S/C13H17NO4/c1-17-13(16)11-8-10(2-3-12(11)15)9-14-4-6-18-7-5-14/h2-3,8,15H,4-7,9H2,1H3. The quantitative estimate of drug-likeness (QED) is 0.812. The monoisotopic (exact) mass is 251 g/mol. The number of carbonyl (C=O) groups is 1. The Balaban J connectivity index is 2.11. The Labute approximate surface area is 106 Å². The van der Waals surface area contributed by atoms with Crippen LogP contribution in [0.5, 0.6) is 5.75 Å². The van der Waals surface area contributed by atoms with Crippen LogP contribution < -0.4 is 0 Å².